The van der Waals surface area contributed by atoms with E-state index in [1.54, 1.807) is 24.5 Å². The Labute approximate surface area is 107 Å². The van der Waals surface area contributed by atoms with Gasteiger partial charge in [0.05, 0.1) is 11.9 Å². The van der Waals surface area contributed by atoms with Crippen molar-refractivity contribution in [1.29, 1.82) is 0 Å². The SMILES string of the molecule is [CH2][C@@H](Cc1ccccc1)C(=O)Nc1cccnc1. The van der Waals surface area contributed by atoms with Crippen molar-refractivity contribution in [2.24, 2.45) is 5.92 Å². The molecule has 3 nitrogen and oxygen atoms in total. The smallest absolute Gasteiger partial charge is 0.227 e. The van der Waals surface area contributed by atoms with Crippen molar-refractivity contribution >= 4 is 11.6 Å². The molecule has 0 fully saturated rings. The average Bonchev–Trinajstić information content (AvgIpc) is 2.41. The van der Waals surface area contributed by atoms with Gasteiger partial charge in [-0.05, 0) is 31.0 Å². The minimum Gasteiger partial charge on any atom is -0.324 e. The predicted octanol–water partition coefficient (Wildman–Crippen LogP) is 2.71. The first kappa shape index (κ1) is 12.3. The highest BCUT2D eigenvalue weighted by Crippen LogP contribution is 2.11. The molecule has 1 heterocycles. The Hall–Kier alpha value is -2.16. The quantitative estimate of drug-likeness (QED) is 0.891. The molecule has 1 amide bonds. The third kappa shape index (κ3) is 3.42. The maximum absolute atomic E-state index is 11.9. The van der Waals surface area contributed by atoms with Gasteiger partial charge in [0.2, 0.25) is 5.91 Å². The molecule has 1 aromatic heterocycles. The number of hydrogen-bond acceptors (Lipinski definition) is 2. The Bertz CT molecular complexity index is 496. The van der Waals surface area contributed by atoms with Gasteiger partial charge in [-0.15, -0.1) is 0 Å². The number of aromatic nitrogens is 1. The van der Waals surface area contributed by atoms with Crippen molar-refractivity contribution in [3.05, 3.63) is 67.3 Å². The molecular formula is C15H15N2O. The van der Waals surface area contributed by atoms with Crippen LogP contribution in [0.3, 0.4) is 0 Å². The standard InChI is InChI=1S/C15H15N2O/c1-12(10-13-6-3-2-4-7-13)15(18)17-14-8-5-9-16-11-14/h2-9,11-12H,1,10H2,(H,17,18)/t12-/m0/s1. The van der Waals surface area contributed by atoms with Gasteiger partial charge in [0.1, 0.15) is 0 Å². The summed E-state index contributed by atoms with van der Waals surface area (Å²) in [6.45, 7) is 3.90. The average molecular weight is 239 g/mol. The second-order valence-corrected chi connectivity index (χ2v) is 4.12. The van der Waals surface area contributed by atoms with Crippen LogP contribution in [-0.4, -0.2) is 10.9 Å². The van der Waals surface area contributed by atoms with Crippen LogP contribution in [0, 0.1) is 12.8 Å². The molecule has 0 unspecified atom stereocenters. The normalized spacial score (nSPS) is 11.8. The molecule has 91 valence electrons. The predicted molar refractivity (Wildman–Crippen MR) is 71.9 cm³/mol. The van der Waals surface area contributed by atoms with Gasteiger partial charge < -0.3 is 5.32 Å². The summed E-state index contributed by atoms with van der Waals surface area (Å²) in [5.74, 6) is -0.403. The number of carbonyl (C=O) groups is 1. The minimum absolute atomic E-state index is 0.0909. The number of anilines is 1. The molecule has 0 saturated carbocycles. The Balaban J connectivity index is 1.93. The first-order chi connectivity index (χ1) is 8.75. The molecule has 1 radical (unpaired) electrons. The first-order valence-electron chi connectivity index (χ1n) is 5.83. The maximum atomic E-state index is 11.9. The lowest BCUT2D eigenvalue weighted by atomic mass is 10.0. The van der Waals surface area contributed by atoms with Gasteiger partial charge in [-0.25, -0.2) is 0 Å². The number of nitrogens with one attached hydrogen (secondary N) is 1. The van der Waals surface area contributed by atoms with E-state index in [4.69, 9.17) is 0 Å². The van der Waals surface area contributed by atoms with E-state index in [-0.39, 0.29) is 11.8 Å². The van der Waals surface area contributed by atoms with E-state index in [1.165, 1.54) is 0 Å². The zero-order valence-electron chi connectivity index (χ0n) is 10.0. The van der Waals surface area contributed by atoms with Gasteiger partial charge in [-0.1, -0.05) is 30.3 Å². The number of hydrogen-bond donors (Lipinski definition) is 1. The van der Waals surface area contributed by atoms with E-state index in [9.17, 15) is 4.79 Å². The summed E-state index contributed by atoms with van der Waals surface area (Å²) in [6, 6.07) is 13.5. The number of carbonyl (C=O) groups excluding carboxylic acids is 1. The molecular weight excluding hydrogens is 224 g/mol. The van der Waals surface area contributed by atoms with Gasteiger partial charge in [-0.2, -0.15) is 0 Å². The second kappa shape index (κ2) is 5.96. The second-order valence-electron chi connectivity index (χ2n) is 4.12. The Morgan fingerprint density at radius 2 is 2.00 bits per heavy atom. The minimum atomic E-state index is -0.312. The van der Waals surface area contributed by atoms with Crippen LogP contribution in [0.4, 0.5) is 5.69 Å². The lowest BCUT2D eigenvalue weighted by Gasteiger charge is -2.11. The van der Waals surface area contributed by atoms with Crippen LogP contribution in [0.15, 0.2) is 54.9 Å². The van der Waals surface area contributed by atoms with Crippen LogP contribution < -0.4 is 5.32 Å². The van der Waals surface area contributed by atoms with E-state index >= 15 is 0 Å². The molecule has 3 heteroatoms. The zero-order chi connectivity index (χ0) is 12.8. The summed E-state index contributed by atoms with van der Waals surface area (Å²) in [5.41, 5.74) is 1.81. The molecule has 2 aromatic rings. The molecule has 2 rings (SSSR count). The van der Waals surface area contributed by atoms with Crippen molar-refractivity contribution < 1.29 is 4.79 Å². The van der Waals surface area contributed by atoms with Gasteiger partial charge in [0.15, 0.2) is 0 Å². The highest BCUT2D eigenvalue weighted by molar-refractivity contribution is 5.92. The summed E-state index contributed by atoms with van der Waals surface area (Å²) in [7, 11) is 0. The largest absolute Gasteiger partial charge is 0.324 e. The highest BCUT2D eigenvalue weighted by Gasteiger charge is 2.13. The van der Waals surface area contributed by atoms with Crippen LogP contribution >= 0.6 is 0 Å². The van der Waals surface area contributed by atoms with E-state index in [0.717, 1.165) is 5.56 Å². The molecule has 1 atom stereocenters. The van der Waals surface area contributed by atoms with Gasteiger partial charge >= 0.3 is 0 Å². The zero-order valence-corrected chi connectivity index (χ0v) is 10.0. The fraction of sp³-hybridized carbons (Fsp3) is 0.133. The van der Waals surface area contributed by atoms with Crippen molar-refractivity contribution in [3.63, 3.8) is 0 Å². The van der Waals surface area contributed by atoms with Crippen molar-refractivity contribution in [2.75, 3.05) is 5.32 Å². The summed E-state index contributed by atoms with van der Waals surface area (Å²) < 4.78 is 0. The Morgan fingerprint density at radius 1 is 1.22 bits per heavy atom. The topological polar surface area (TPSA) is 42.0 Å². The molecule has 18 heavy (non-hydrogen) atoms. The number of amides is 1. The van der Waals surface area contributed by atoms with Crippen molar-refractivity contribution in [3.8, 4) is 0 Å². The summed E-state index contributed by atoms with van der Waals surface area (Å²) >= 11 is 0. The number of benzene rings is 1. The Morgan fingerprint density at radius 3 is 2.67 bits per heavy atom. The monoisotopic (exact) mass is 239 g/mol. The third-order valence-electron chi connectivity index (χ3n) is 2.62. The van der Waals surface area contributed by atoms with Crippen LogP contribution in [0.1, 0.15) is 5.56 Å². The molecule has 1 aromatic carbocycles. The van der Waals surface area contributed by atoms with Crippen LogP contribution in [0.25, 0.3) is 0 Å². The molecule has 0 aliphatic carbocycles. The van der Waals surface area contributed by atoms with Gasteiger partial charge in [0.25, 0.3) is 0 Å². The van der Waals surface area contributed by atoms with Crippen LogP contribution in [0.5, 0.6) is 0 Å². The molecule has 0 aliphatic heterocycles. The summed E-state index contributed by atoms with van der Waals surface area (Å²) in [5, 5.41) is 2.80. The van der Waals surface area contributed by atoms with Crippen LogP contribution in [-0.2, 0) is 11.2 Å². The molecule has 0 bridgehead atoms. The number of pyridine rings is 1. The lowest BCUT2D eigenvalue weighted by molar-refractivity contribution is -0.118. The van der Waals surface area contributed by atoms with Gasteiger partial charge in [0, 0.05) is 12.1 Å². The van der Waals surface area contributed by atoms with E-state index in [2.05, 4.69) is 17.2 Å². The van der Waals surface area contributed by atoms with Crippen molar-refractivity contribution in [2.45, 2.75) is 6.42 Å². The van der Waals surface area contributed by atoms with Crippen LogP contribution in [0.2, 0.25) is 0 Å². The molecule has 0 aliphatic rings. The first-order valence-corrected chi connectivity index (χ1v) is 5.83. The highest BCUT2D eigenvalue weighted by atomic mass is 16.1. The fourth-order valence-corrected chi connectivity index (χ4v) is 1.67. The molecule has 1 N–H and O–H groups in total. The number of nitrogens with zero attached hydrogens (tertiary/aromatic N) is 1. The van der Waals surface area contributed by atoms with Crippen molar-refractivity contribution in [1.82, 2.24) is 4.98 Å². The molecule has 0 saturated heterocycles. The fourth-order valence-electron chi connectivity index (χ4n) is 1.67. The third-order valence-corrected chi connectivity index (χ3v) is 2.62. The molecule has 0 spiro atoms. The van der Waals surface area contributed by atoms with E-state index < -0.39 is 0 Å². The van der Waals surface area contributed by atoms with Gasteiger partial charge in [-0.3, -0.25) is 9.78 Å². The maximum Gasteiger partial charge on any atom is 0.227 e. The lowest BCUT2D eigenvalue weighted by Crippen LogP contribution is -2.22. The Kier molecular flexibility index (Phi) is 4.07. The van der Waals surface area contributed by atoms with E-state index in [1.807, 2.05) is 30.3 Å². The number of rotatable bonds is 4. The van der Waals surface area contributed by atoms with E-state index in [0.29, 0.717) is 12.1 Å². The summed E-state index contributed by atoms with van der Waals surface area (Å²) in [6.07, 6.45) is 3.92. The summed E-state index contributed by atoms with van der Waals surface area (Å²) in [4.78, 5) is 15.9.